The predicted molar refractivity (Wildman–Crippen MR) is 75.7 cm³/mol. The van der Waals surface area contributed by atoms with E-state index >= 15 is 0 Å². The van der Waals surface area contributed by atoms with Crippen LogP contribution >= 0.6 is 11.8 Å². The second-order valence-electron chi connectivity index (χ2n) is 4.57. The normalized spacial score (nSPS) is 25.0. The van der Waals surface area contributed by atoms with E-state index in [1.54, 1.807) is 0 Å². The van der Waals surface area contributed by atoms with Crippen molar-refractivity contribution in [3.8, 4) is 0 Å². The van der Waals surface area contributed by atoms with Crippen LogP contribution in [0.4, 0.5) is 5.82 Å². The zero-order valence-electron chi connectivity index (χ0n) is 10.6. The molecule has 2 heterocycles. The monoisotopic (exact) mass is 251 g/mol. The van der Waals surface area contributed by atoms with Crippen molar-refractivity contribution in [3.63, 3.8) is 0 Å². The number of hydrogen-bond acceptors (Lipinski definition) is 4. The summed E-state index contributed by atoms with van der Waals surface area (Å²) in [5, 5.41) is 0.675. The molecule has 1 aromatic heterocycles. The molecule has 0 amide bonds. The Morgan fingerprint density at radius 3 is 2.94 bits per heavy atom. The van der Waals surface area contributed by atoms with Crippen molar-refractivity contribution in [3.05, 3.63) is 23.9 Å². The van der Waals surface area contributed by atoms with E-state index in [0.29, 0.717) is 17.8 Å². The Morgan fingerprint density at radius 1 is 1.47 bits per heavy atom. The standard InChI is InChI=1S/C13H21N3S/c1-10-11(2)17-8-7-16(10)13-4-3-12(5-6-14)9-15-13/h3-4,9-11H,5-8,14H2,1-2H3. The van der Waals surface area contributed by atoms with Gasteiger partial charge in [-0.05, 0) is 31.5 Å². The minimum atomic E-state index is 0.557. The molecule has 1 saturated heterocycles. The fourth-order valence-electron chi connectivity index (χ4n) is 2.16. The van der Waals surface area contributed by atoms with Crippen LogP contribution in [-0.4, -0.2) is 35.1 Å². The van der Waals surface area contributed by atoms with Gasteiger partial charge in [0.05, 0.1) is 0 Å². The van der Waals surface area contributed by atoms with Crippen LogP contribution in [0, 0.1) is 0 Å². The maximum atomic E-state index is 5.54. The number of thioether (sulfide) groups is 1. The first-order valence-electron chi connectivity index (χ1n) is 6.25. The zero-order chi connectivity index (χ0) is 12.3. The highest BCUT2D eigenvalue weighted by Crippen LogP contribution is 2.27. The third-order valence-corrected chi connectivity index (χ3v) is 4.76. The molecule has 2 N–H and O–H groups in total. The van der Waals surface area contributed by atoms with Crippen molar-refractivity contribution in [2.24, 2.45) is 5.73 Å². The third-order valence-electron chi connectivity index (χ3n) is 3.42. The summed E-state index contributed by atoms with van der Waals surface area (Å²) in [5.41, 5.74) is 6.77. The van der Waals surface area contributed by atoms with Crippen molar-refractivity contribution in [2.45, 2.75) is 31.6 Å². The van der Waals surface area contributed by atoms with Crippen molar-refractivity contribution in [1.82, 2.24) is 4.98 Å². The van der Waals surface area contributed by atoms with Crippen molar-refractivity contribution >= 4 is 17.6 Å². The third kappa shape index (κ3) is 2.93. The lowest BCUT2D eigenvalue weighted by Crippen LogP contribution is -2.45. The summed E-state index contributed by atoms with van der Waals surface area (Å²) in [4.78, 5) is 6.98. The molecule has 4 heteroatoms. The number of nitrogens with zero attached hydrogens (tertiary/aromatic N) is 2. The van der Waals surface area contributed by atoms with Gasteiger partial charge in [-0.15, -0.1) is 0 Å². The molecular weight excluding hydrogens is 230 g/mol. The topological polar surface area (TPSA) is 42.1 Å². The van der Waals surface area contributed by atoms with Crippen LogP contribution in [0.25, 0.3) is 0 Å². The van der Waals surface area contributed by atoms with Crippen LogP contribution in [0.1, 0.15) is 19.4 Å². The molecule has 0 aromatic carbocycles. The molecular formula is C13H21N3S. The Morgan fingerprint density at radius 2 is 2.29 bits per heavy atom. The van der Waals surface area contributed by atoms with Crippen LogP contribution in [0.3, 0.4) is 0 Å². The first-order valence-corrected chi connectivity index (χ1v) is 7.30. The average molecular weight is 251 g/mol. The van der Waals surface area contributed by atoms with Gasteiger partial charge in [-0.1, -0.05) is 13.0 Å². The van der Waals surface area contributed by atoms with Gasteiger partial charge in [0.25, 0.3) is 0 Å². The van der Waals surface area contributed by atoms with Crippen molar-refractivity contribution in [2.75, 3.05) is 23.7 Å². The number of anilines is 1. The van der Waals surface area contributed by atoms with E-state index in [4.69, 9.17) is 5.73 Å². The highest BCUT2D eigenvalue weighted by molar-refractivity contribution is 8.00. The summed E-state index contributed by atoms with van der Waals surface area (Å²) in [7, 11) is 0. The second kappa shape index (κ2) is 5.74. The maximum absolute atomic E-state index is 5.54. The lowest BCUT2D eigenvalue weighted by molar-refractivity contribution is 0.620. The molecule has 0 bridgehead atoms. The molecule has 1 fully saturated rings. The minimum absolute atomic E-state index is 0.557. The average Bonchev–Trinajstić information content (AvgIpc) is 2.34. The highest BCUT2D eigenvalue weighted by Gasteiger charge is 2.25. The number of nitrogens with two attached hydrogens (primary N) is 1. The van der Waals surface area contributed by atoms with Gasteiger partial charge < -0.3 is 10.6 Å². The zero-order valence-corrected chi connectivity index (χ0v) is 11.4. The fraction of sp³-hybridized carbons (Fsp3) is 0.615. The van der Waals surface area contributed by atoms with Gasteiger partial charge in [-0.2, -0.15) is 11.8 Å². The fourth-order valence-corrected chi connectivity index (χ4v) is 3.26. The lowest BCUT2D eigenvalue weighted by atomic mass is 10.2. The summed E-state index contributed by atoms with van der Waals surface area (Å²) in [5.74, 6) is 2.29. The number of rotatable bonds is 3. The summed E-state index contributed by atoms with van der Waals surface area (Å²) in [6.45, 7) is 6.37. The molecule has 0 saturated carbocycles. The van der Waals surface area contributed by atoms with E-state index in [1.165, 1.54) is 11.3 Å². The molecule has 0 spiro atoms. The van der Waals surface area contributed by atoms with Gasteiger partial charge in [0, 0.05) is 29.8 Å². The van der Waals surface area contributed by atoms with E-state index in [1.807, 2.05) is 18.0 Å². The minimum Gasteiger partial charge on any atom is -0.352 e. The molecule has 1 aliphatic heterocycles. The van der Waals surface area contributed by atoms with Crippen LogP contribution < -0.4 is 10.6 Å². The van der Waals surface area contributed by atoms with Crippen LogP contribution in [0.5, 0.6) is 0 Å². The lowest BCUT2D eigenvalue weighted by Gasteiger charge is -2.38. The Balaban J connectivity index is 2.10. The highest BCUT2D eigenvalue weighted by atomic mass is 32.2. The second-order valence-corrected chi connectivity index (χ2v) is 6.06. The number of hydrogen-bond donors (Lipinski definition) is 1. The van der Waals surface area contributed by atoms with Crippen LogP contribution in [0.2, 0.25) is 0 Å². The first-order chi connectivity index (χ1) is 8.22. The van der Waals surface area contributed by atoms with Gasteiger partial charge in [0.15, 0.2) is 0 Å². The molecule has 3 nitrogen and oxygen atoms in total. The SMILES string of the molecule is CC1SCCN(c2ccc(CCN)cn2)C1C. The van der Waals surface area contributed by atoms with E-state index in [0.717, 1.165) is 18.8 Å². The van der Waals surface area contributed by atoms with Gasteiger partial charge in [-0.3, -0.25) is 0 Å². The van der Waals surface area contributed by atoms with Gasteiger partial charge in [-0.25, -0.2) is 4.98 Å². The molecule has 2 unspecified atom stereocenters. The van der Waals surface area contributed by atoms with Crippen molar-refractivity contribution in [1.29, 1.82) is 0 Å². The number of pyridine rings is 1. The van der Waals surface area contributed by atoms with Gasteiger partial charge in [0.2, 0.25) is 0 Å². The van der Waals surface area contributed by atoms with E-state index in [2.05, 4.69) is 35.9 Å². The maximum Gasteiger partial charge on any atom is 0.128 e. The smallest absolute Gasteiger partial charge is 0.128 e. The van der Waals surface area contributed by atoms with Crippen molar-refractivity contribution < 1.29 is 0 Å². The van der Waals surface area contributed by atoms with E-state index in [-0.39, 0.29) is 0 Å². The summed E-state index contributed by atoms with van der Waals surface area (Å²) in [6, 6.07) is 4.83. The largest absolute Gasteiger partial charge is 0.352 e. The molecule has 0 aliphatic carbocycles. The first kappa shape index (κ1) is 12.7. The Labute approximate surface area is 108 Å². The molecule has 1 aromatic rings. The molecule has 17 heavy (non-hydrogen) atoms. The quantitative estimate of drug-likeness (QED) is 0.891. The van der Waals surface area contributed by atoms with Crippen LogP contribution in [-0.2, 0) is 6.42 Å². The van der Waals surface area contributed by atoms with Crippen LogP contribution in [0.15, 0.2) is 18.3 Å². The molecule has 2 atom stereocenters. The Bertz CT molecular complexity index is 352. The summed E-state index contributed by atoms with van der Waals surface area (Å²) in [6.07, 6.45) is 2.87. The molecule has 94 valence electrons. The molecule has 1 aliphatic rings. The number of aromatic nitrogens is 1. The predicted octanol–water partition coefficient (Wildman–Crippen LogP) is 1.91. The summed E-state index contributed by atoms with van der Waals surface area (Å²) >= 11 is 2.05. The van der Waals surface area contributed by atoms with E-state index in [9.17, 15) is 0 Å². The van der Waals surface area contributed by atoms with E-state index < -0.39 is 0 Å². The Kier molecular flexibility index (Phi) is 4.29. The molecule has 2 rings (SSSR count). The van der Waals surface area contributed by atoms with Gasteiger partial charge in [0.1, 0.15) is 5.82 Å². The molecule has 0 radical (unpaired) electrons. The van der Waals surface area contributed by atoms with Gasteiger partial charge >= 0.3 is 0 Å². The summed E-state index contributed by atoms with van der Waals surface area (Å²) < 4.78 is 0. The Hall–Kier alpha value is -0.740.